The molecule has 3 aliphatic carbocycles. The van der Waals surface area contributed by atoms with E-state index in [1.807, 2.05) is 30.0 Å². The third-order valence-corrected chi connectivity index (χ3v) is 13.8. The van der Waals surface area contributed by atoms with Gasteiger partial charge in [-0.05, 0) is 92.3 Å². The molecule has 1 aromatic heterocycles. The maximum absolute atomic E-state index is 5.08. The Balaban J connectivity index is 1.01. The molecule has 0 fully saturated rings. The fourth-order valence-electron chi connectivity index (χ4n) is 9.35. The lowest BCUT2D eigenvalue weighted by molar-refractivity contribution is 0.660. The molecule has 278 valence electrons. The summed E-state index contributed by atoms with van der Waals surface area (Å²) in [6, 6.07) is 52.9. The van der Waals surface area contributed by atoms with Crippen LogP contribution in [-0.2, 0) is 5.41 Å². The first-order valence-electron chi connectivity index (χ1n) is 20.3. The van der Waals surface area contributed by atoms with Crippen LogP contribution >= 0.6 is 11.8 Å². The number of fused-ring (bicyclic) bond motifs is 6. The number of hydrogen-bond donors (Lipinski definition) is 0. The molecule has 58 heavy (non-hydrogen) atoms. The first kappa shape index (κ1) is 34.9. The van der Waals surface area contributed by atoms with Crippen molar-refractivity contribution in [3.63, 3.8) is 0 Å². The van der Waals surface area contributed by atoms with Gasteiger partial charge in [-0.25, -0.2) is 15.0 Å². The van der Waals surface area contributed by atoms with Crippen LogP contribution < -0.4 is 0 Å². The van der Waals surface area contributed by atoms with Crippen molar-refractivity contribution >= 4 is 28.5 Å². The average Bonchev–Trinajstić information content (AvgIpc) is 3.78. The van der Waals surface area contributed by atoms with Crippen LogP contribution in [0.15, 0.2) is 181 Å². The lowest BCUT2D eigenvalue weighted by Gasteiger charge is -2.28. The predicted octanol–water partition coefficient (Wildman–Crippen LogP) is 13.7. The number of benzene rings is 6. The van der Waals surface area contributed by atoms with E-state index in [-0.39, 0.29) is 16.6 Å². The smallest absolute Gasteiger partial charge is 0.164 e. The van der Waals surface area contributed by atoms with Crippen molar-refractivity contribution in [1.82, 2.24) is 15.0 Å². The molecule has 0 spiro atoms. The molecule has 0 saturated carbocycles. The molecule has 11 rings (SSSR count). The minimum atomic E-state index is -0.0545. The molecule has 0 amide bonds. The molecular formula is C54H41N3S. The number of aromatic nitrogens is 3. The second-order valence-corrected chi connectivity index (χ2v) is 17.4. The van der Waals surface area contributed by atoms with Crippen molar-refractivity contribution in [2.24, 2.45) is 0 Å². The molecule has 4 aliphatic rings. The Morgan fingerprint density at radius 3 is 2.03 bits per heavy atom. The van der Waals surface area contributed by atoms with E-state index in [1.165, 1.54) is 60.5 Å². The Morgan fingerprint density at radius 2 is 1.21 bits per heavy atom. The minimum absolute atomic E-state index is 0.0545. The summed E-state index contributed by atoms with van der Waals surface area (Å²) in [6.45, 7) is 4.73. The van der Waals surface area contributed by atoms with Gasteiger partial charge in [0, 0.05) is 38.2 Å². The van der Waals surface area contributed by atoms with Crippen LogP contribution in [0.4, 0.5) is 0 Å². The van der Waals surface area contributed by atoms with E-state index in [0.29, 0.717) is 17.5 Å². The summed E-state index contributed by atoms with van der Waals surface area (Å²) in [5.41, 5.74) is 17.5. The molecule has 2 atom stereocenters. The number of allylic oxidation sites excluding steroid dienone is 7. The van der Waals surface area contributed by atoms with E-state index in [0.717, 1.165) is 35.1 Å². The SMILES string of the molecule is CC1(C)c2ccccc2-c2ccc(C3=CC(c4ccccc4)C4Sc5c(cccc5-c5cccc(-c6nc(C7=CCCC=C7)nc(-c7ccccc7)n6)c5)C4=C3)cc21. The normalized spacial score (nSPS) is 18.3. The molecule has 2 heterocycles. The van der Waals surface area contributed by atoms with Gasteiger partial charge >= 0.3 is 0 Å². The first-order valence-corrected chi connectivity index (χ1v) is 21.2. The fourth-order valence-corrected chi connectivity index (χ4v) is 10.9. The van der Waals surface area contributed by atoms with Crippen LogP contribution in [-0.4, -0.2) is 20.2 Å². The average molecular weight is 764 g/mol. The lowest BCUT2D eigenvalue weighted by atomic mass is 9.79. The highest BCUT2D eigenvalue weighted by molar-refractivity contribution is 8.01. The Hall–Kier alpha value is -6.36. The first-order chi connectivity index (χ1) is 28.5. The highest BCUT2D eigenvalue weighted by Crippen LogP contribution is 2.57. The van der Waals surface area contributed by atoms with Crippen molar-refractivity contribution in [2.75, 3.05) is 0 Å². The summed E-state index contributed by atoms with van der Waals surface area (Å²) < 4.78 is 0. The van der Waals surface area contributed by atoms with Gasteiger partial charge in [-0.3, -0.25) is 0 Å². The van der Waals surface area contributed by atoms with Gasteiger partial charge in [0.1, 0.15) is 0 Å². The Morgan fingerprint density at radius 1 is 0.534 bits per heavy atom. The molecule has 1 aliphatic heterocycles. The molecule has 2 unspecified atom stereocenters. The molecule has 4 heteroatoms. The van der Waals surface area contributed by atoms with Gasteiger partial charge < -0.3 is 0 Å². The van der Waals surface area contributed by atoms with Gasteiger partial charge in [0.05, 0.1) is 0 Å². The predicted molar refractivity (Wildman–Crippen MR) is 241 cm³/mol. The maximum Gasteiger partial charge on any atom is 0.164 e. The number of hydrogen-bond acceptors (Lipinski definition) is 4. The molecule has 0 saturated heterocycles. The Bertz CT molecular complexity index is 2900. The van der Waals surface area contributed by atoms with Gasteiger partial charge in [0.25, 0.3) is 0 Å². The second kappa shape index (κ2) is 13.9. The Kier molecular flexibility index (Phi) is 8.37. The molecule has 3 nitrogen and oxygen atoms in total. The van der Waals surface area contributed by atoms with E-state index in [9.17, 15) is 0 Å². The molecule has 0 bridgehead atoms. The summed E-state index contributed by atoms with van der Waals surface area (Å²) in [5.74, 6) is 2.30. The quantitative estimate of drug-likeness (QED) is 0.169. The van der Waals surface area contributed by atoms with Crippen LogP contribution in [0, 0.1) is 0 Å². The summed E-state index contributed by atoms with van der Waals surface area (Å²) in [7, 11) is 0. The number of nitrogens with zero attached hydrogens (tertiary/aromatic N) is 3. The van der Waals surface area contributed by atoms with Gasteiger partial charge in [0.2, 0.25) is 0 Å². The van der Waals surface area contributed by atoms with Crippen molar-refractivity contribution in [1.29, 1.82) is 0 Å². The van der Waals surface area contributed by atoms with Crippen LogP contribution in [0.25, 0.3) is 61.7 Å². The van der Waals surface area contributed by atoms with Crippen LogP contribution in [0.2, 0.25) is 0 Å². The third-order valence-electron chi connectivity index (χ3n) is 12.3. The molecule has 6 aromatic carbocycles. The van der Waals surface area contributed by atoms with E-state index in [2.05, 4.69) is 172 Å². The van der Waals surface area contributed by atoms with E-state index >= 15 is 0 Å². The van der Waals surface area contributed by atoms with Gasteiger partial charge in [-0.1, -0.05) is 172 Å². The van der Waals surface area contributed by atoms with Gasteiger partial charge in [-0.2, -0.15) is 0 Å². The fraction of sp³-hybridized carbons (Fsp3) is 0.130. The second-order valence-electron chi connectivity index (χ2n) is 16.2. The van der Waals surface area contributed by atoms with Gasteiger partial charge in [-0.15, -0.1) is 11.8 Å². The van der Waals surface area contributed by atoms with E-state index in [1.54, 1.807) is 0 Å². The summed E-state index contributed by atoms with van der Waals surface area (Å²) in [4.78, 5) is 16.4. The van der Waals surface area contributed by atoms with Crippen molar-refractivity contribution in [3.05, 3.63) is 210 Å². The number of thioether (sulfide) groups is 1. The number of rotatable bonds is 6. The maximum atomic E-state index is 5.08. The molecule has 7 aromatic rings. The highest BCUT2D eigenvalue weighted by atomic mass is 32.2. The lowest BCUT2D eigenvalue weighted by Crippen LogP contribution is -2.17. The van der Waals surface area contributed by atoms with Crippen molar-refractivity contribution < 1.29 is 0 Å². The monoisotopic (exact) mass is 763 g/mol. The van der Waals surface area contributed by atoms with Crippen LogP contribution in [0.1, 0.15) is 66.2 Å². The topological polar surface area (TPSA) is 38.7 Å². The largest absolute Gasteiger partial charge is 0.208 e. The summed E-state index contributed by atoms with van der Waals surface area (Å²) in [6.07, 6.45) is 13.6. The Labute approximate surface area is 344 Å². The zero-order valence-electron chi connectivity index (χ0n) is 32.6. The molecule has 0 N–H and O–H groups in total. The van der Waals surface area contributed by atoms with Crippen LogP contribution in [0.3, 0.4) is 0 Å². The summed E-state index contributed by atoms with van der Waals surface area (Å²) >= 11 is 2.01. The molecule has 0 radical (unpaired) electrons. The van der Waals surface area contributed by atoms with Crippen molar-refractivity contribution in [3.8, 4) is 45.0 Å². The van der Waals surface area contributed by atoms with E-state index < -0.39 is 0 Å². The standard InChI is InChI=1S/C54H41N3S/c1-54(2)47-27-13-12-24-42(47)43-29-28-37(33-48(43)54)40-31-45(34-16-6-3-7-17-34)50-46(32-40)44-26-15-25-41(49(44)58-50)38-22-14-23-39(30-38)53-56-51(35-18-8-4-9-19-35)55-52(57-53)36-20-10-5-11-21-36/h3-4,6-10,12-33,45,50H,5,11H2,1-2H3. The minimum Gasteiger partial charge on any atom is -0.208 e. The third kappa shape index (κ3) is 5.85. The van der Waals surface area contributed by atoms with Crippen LogP contribution in [0.5, 0.6) is 0 Å². The summed E-state index contributed by atoms with van der Waals surface area (Å²) in [5, 5.41) is 0.261. The highest BCUT2D eigenvalue weighted by Gasteiger charge is 2.39. The zero-order chi connectivity index (χ0) is 38.8. The zero-order valence-corrected chi connectivity index (χ0v) is 33.4. The van der Waals surface area contributed by atoms with E-state index in [4.69, 9.17) is 15.0 Å². The van der Waals surface area contributed by atoms with Crippen molar-refractivity contribution in [2.45, 2.75) is 48.2 Å². The molecular weight excluding hydrogens is 723 g/mol. The van der Waals surface area contributed by atoms with Gasteiger partial charge in [0.15, 0.2) is 17.5 Å².